The lowest BCUT2D eigenvalue weighted by molar-refractivity contribution is -0.308. The van der Waals surface area contributed by atoms with Crippen LogP contribution in [0, 0.1) is 17.8 Å². The molecule has 0 saturated carbocycles. The number of likely N-dealkylation sites (N-methyl/N-ethyl adjacent to an activating group) is 2. The van der Waals surface area contributed by atoms with Crippen molar-refractivity contribution in [3.05, 3.63) is 47.3 Å². The maximum Gasteiger partial charge on any atom is 0.311 e. The fraction of sp³-hybridized carbons (Fsp3) is 0.821. The molecule has 21 heteroatoms. The van der Waals surface area contributed by atoms with Gasteiger partial charge in [0.05, 0.1) is 47.2 Å². The van der Waals surface area contributed by atoms with E-state index in [4.69, 9.17) is 33.2 Å². The van der Waals surface area contributed by atoms with Crippen LogP contribution < -0.4 is 5.32 Å². The van der Waals surface area contributed by atoms with E-state index in [1.54, 1.807) is 65.1 Å². The van der Waals surface area contributed by atoms with Crippen LogP contribution in [0.15, 0.2) is 30.5 Å². The van der Waals surface area contributed by atoms with E-state index in [9.17, 15) is 34.4 Å². The summed E-state index contributed by atoms with van der Waals surface area (Å²) in [6.07, 6.45) is -4.82. The number of hydrogen-bond donors (Lipinski definition) is 5. The second-order valence-corrected chi connectivity index (χ2v) is 23.6. The Labute approximate surface area is 456 Å². The monoisotopic (exact) mass is 1090 g/mol. The molecule has 438 valence electrons. The summed E-state index contributed by atoms with van der Waals surface area (Å²) in [4.78, 5) is 33.6. The lowest BCUT2D eigenvalue weighted by Gasteiger charge is -2.48. The van der Waals surface area contributed by atoms with Crippen molar-refractivity contribution in [2.45, 2.75) is 204 Å². The van der Waals surface area contributed by atoms with Gasteiger partial charge in [-0.25, -0.2) is 9.07 Å². The third-order valence-electron chi connectivity index (χ3n) is 17.3. The predicted octanol–water partition coefficient (Wildman–Crippen LogP) is 4.08. The summed E-state index contributed by atoms with van der Waals surface area (Å²) in [6, 6.07) is 5.72. The number of piperazine rings is 1. The molecule has 5 N–H and O–H groups in total. The average molecular weight is 1090 g/mol. The van der Waals surface area contributed by atoms with Gasteiger partial charge in [0.25, 0.3) is 5.91 Å². The first-order valence-electron chi connectivity index (χ1n) is 28.0. The minimum atomic E-state index is -1.83. The molecule has 77 heavy (non-hydrogen) atoms. The summed E-state index contributed by atoms with van der Waals surface area (Å²) in [5.74, 6) is -2.64. The Hall–Kier alpha value is -3.29. The van der Waals surface area contributed by atoms with Crippen LogP contribution in [-0.2, 0) is 44.4 Å². The first-order valence-corrected chi connectivity index (χ1v) is 28.0. The van der Waals surface area contributed by atoms with E-state index in [2.05, 4.69) is 20.5 Å². The number of alkyl halides is 1. The van der Waals surface area contributed by atoms with Gasteiger partial charge in [0.15, 0.2) is 12.6 Å². The molecule has 1 aromatic heterocycles. The van der Waals surface area contributed by atoms with Crippen molar-refractivity contribution < 1.29 is 67.6 Å². The number of halogens is 1. The standard InChI is InChI=1S/C56H94FN7O13/c1-15-44-56(10,70)49(65)37(6)62(12)31-33(2)28-54(8,69)51(35(4)47(36(5)53(68)75-44)76-46-29-55(9,72-14)50(66)38(7)74-46)77-45-27-42(26-34(3)73-45)61(11)23-20-41-32-64(60-59-41)43(30-57)48(71-13)39-16-18-40(19-17-39)52(67)63-24-21-58-22-25-63/h16-19,32-38,42-51,58,65-66,69-70H,15,20-31H2,1-14H3/t33-,34-,35+,36-,37-,38+,42+,43-,44-,45+,46+,47+,48-,49-,50+,51-,54-,55-,56-/m1/s1. The highest BCUT2D eigenvalue weighted by Crippen LogP contribution is 2.40. The second-order valence-electron chi connectivity index (χ2n) is 23.6. The van der Waals surface area contributed by atoms with Gasteiger partial charge in [-0.15, -0.1) is 5.10 Å². The van der Waals surface area contributed by atoms with Crippen LogP contribution in [0.5, 0.6) is 0 Å². The number of methoxy groups -OCH3 is 2. The van der Waals surface area contributed by atoms with E-state index in [1.807, 2.05) is 51.6 Å². The molecule has 1 amide bonds. The van der Waals surface area contributed by atoms with Gasteiger partial charge in [-0.05, 0) is 105 Å². The largest absolute Gasteiger partial charge is 0.459 e. The van der Waals surface area contributed by atoms with Crippen molar-refractivity contribution in [3.8, 4) is 0 Å². The number of carbonyl (C=O) groups excluding carboxylic acids is 2. The SMILES string of the molecule is CC[C@H]1OC(=O)[C@H](C)[C@@H](O[C@H]2C[C@@](C)(OC)[C@@H](O)[C@H](C)O2)[C@H](C)[C@@H](O[C@H]2C[C@@H](N(C)CCc3cn([C@H](CF)[C@H](OC)c4ccc(C(=O)N5CCNCC5)cc4)nn3)C[C@@H](C)O2)[C@](C)(O)C[C@@H](C)CN(C)[C@H](C)[C@@H](O)[C@]1(C)O. The van der Waals surface area contributed by atoms with Crippen LogP contribution in [0.2, 0.25) is 0 Å². The Morgan fingerprint density at radius 3 is 2.26 bits per heavy atom. The van der Waals surface area contributed by atoms with Crippen molar-refractivity contribution in [3.63, 3.8) is 0 Å². The average Bonchev–Trinajstić information content (AvgIpc) is 3.88. The molecule has 4 saturated heterocycles. The number of esters is 1. The lowest BCUT2D eigenvalue weighted by atomic mass is 9.77. The van der Waals surface area contributed by atoms with Crippen molar-refractivity contribution in [1.82, 2.24) is 35.0 Å². The van der Waals surface area contributed by atoms with Crippen molar-refractivity contribution in [2.24, 2.45) is 17.8 Å². The van der Waals surface area contributed by atoms with Gasteiger partial charge in [0, 0.05) is 103 Å². The summed E-state index contributed by atoms with van der Waals surface area (Å²) in [6.45, 7) is 20.9. The van der Waals surface area contributed by atoms with E-state index in [0.717, 1.165) is 13.1 Å². The molecule has 6 rings (SSSR count). The maximum atomic E-state index is 15.0. The molecule has 0 radical (unpaired) electrons. The Balaban J connectivity index is 1.22. The predicted molar refractivity (Wildman–Crippen MR) is 285 cm³/mol. The summed E-state index contributed by atoms with van der Waals surface area (Å²) in [5.41, 5.74) is -2.48. The smallest absolute Gasteiger partial charge is 0.311 e. The molecule has 4 aliphatic rings. The van der Waals surface area contributed by atoms with Gasteiger partial charge in [0.2, 0.25) is 0 Å². The molecule has 19 atom stereocenters. The number of aliphatic hydroxyl groups excluding tert-OH is 2. The topological polar surface area (TPSA) is 232 Å². The summed E-state index contributed by atoms with van der Waals surface area (Å²) in [7, 11) is 6.92. The van der Waals surface area contributed by atoms with E-state index in [-0.39, 0.29) is 43.2 Å². The van der Waals surface area contributed by atoms with Crippen molar-refractivity contribution in [2.75, 3.05) is 74.3 Å². The molecule has 5 heterocycles. The van der Waals surface area contributed by atoms with E-state index < -0.39 is 109 Å². The number of aliphatic hydroxyl groups is 4. The normalized spacial score (nSPS) is 38.4. The Bertz CT molecular complexity index is 2170. The lowest BCUT2D eigenvalue weighted by Crippen LogP contribution is -2.59. The van der Waals surface area contributed by atoms with E-state index in [1.165, 1.54) is 25.8 Å². The number of carbonyl (C=O) groups is 2. The highest BCUT2D eigenvalue weighted by atomic mass is 19.1. The minimum Gasteiger partial charge on any atom is -0.459 e. The molecule has 0 bridgehead atoms. The highest BCUT2D eigenvalue weighted by Gasteiger charge is 2.52. The number of benzene rings is 1. The highest BCUT2D eigenvalue weighted by molar-refractivity contribution is 5.94. The molecule has 0 unspecified atom stereocenters. The van der Waals surface area contributed by atoms with Crippen LogP contribution in [0.1, 0.15) is 135 Å². The molecular formula is C56H94FN7O13. The number of cyclic esters (lactones) is 1. The third-order valence-corrected chi connectivity index (χ3v) is 17.3. The van der Waals surface area contributed by atoms with Gasteiger partial charge < -0.3 is 73.6 Å². The molecular weight excluding hydrogens is 998 g/mol. The quantitative estimate of drug-likeness (QED) is 0.149. The number of aromatic nitrogens is 3. The molecule has 2 aromatic rings. The molecule has 20 nitrogen and oxygen atoms in total. The molecule has 0 aliphatic carbocycles. The summed E-state index contributed by atoms with van der Waals surface area (Å²) in [5, 5.41) is 59.6. The first-order chi connectivity index (χ1) is 36.3. The number of rotatable bonds is 16. The molecule has 1 aromatic carbocycles. The van der Waals surface area contributed by atoms with Crippen LogP contribution in [0.4, 0.5) is 4.39 Å². The number of nitrogens with one attached hydrogen (secondary N) is 1. The number of hydrogen-bond acceptors (Lipinski definition) is 18. The molecule has 0 spiro atoms. The zero-order chi connectivity index (χ0) is 56.7. The van der Waals surface area contributed by atoms with Crippen LogP contribution in [-0.4, -0.2) is 220 Å². The zero-order valence-electron chi connectivity index (χ0n) is 48.3. The van der Waals surface area contributed by atoms with Gasteiger partial charge >= 0.3 is 5.97 Å². The van der Waals surface area contributed by atoms with Crippen molar-refractivity contribution in [1.29, 1.82) is 0 Å². The number of ether oxygens (including phenoxy) is 7. The number of nitrogens with zero attached hydrogens (tertiary/aromatic N) is 6. The van der Waals surface area contributed by atoms with E-state index in [0.29, 0.717) is 62.3 Å². The van der Waals surface area contributed by atoms with Gasteiger partial charge in [-0.3, -0.25) is 9.59 Å². The third kappa shape index (κ3) is 15.0. The second kappa shape index (κ2) is 27.0. The van der Waals surface area contributed by atoms with Gasteiger partial charge in [-0.2, -0.15) is 0 Å². The van der Waals surface area contributed by atoms with Crippen LogP contribution in [0.25, 0.3) is 0 Å². The molecule has 4 fully saturated rings. The first kappa shape index (κ1) is 62.9. The number of amides is 1. The van der Waals surface area contributed by atoms with Gasteiger partial charge in [-0.1, -0.05) is 38.1 Å². The summed E-state index contributed by atoms with van der Waals surface area (Å²) >= 11 is 0. The maximum absolute atomic E-state index is 15.0. The Morgan fingerprint density at radius 2 is 1.64 bits per heavy atom. The fourth-order valence-electron chi connectivity index (χ4n) is 12.4. The molecule has 4 aliphatic heterocycles. The van der Waals surface area contributed by atoms with Crippen LogP contribution in [0.3, 0.4) is 0 Å². The van der Waals surface area contributed by atoms with E-state index >= 15 is 0 Å². The Kier molecular flexibility index (Phi) is 22.0. The minimum absolute atomic E-state index is 0.0327. The summed E-state index contributed by atoms with van der Waals surface area (Å²) < 4.78 is 61.0. The van der Waals surface area contributed by atoms with Crippen LogP contribution >= 0.6 is 0 Å². The fourth-order valence-corrected chi connectivity index (χ4v) is 12.4. The zero-order valence-corrected chi connectivity index (χ0v) is 48.3. The van der Waals surface area contributed by atoms with Crippen molar-refractivity contribution >= 4 is 11.9 Å². The van der Waals surface area contributed by atoms with Gasteiger partial charge in [0.1, 0.15) is 42.7 Å². The Morgan fingerprint density at radius 1 is 0.961 bits per heavy atom.